The van der Waals surface area contributed by atoms with E-state index in [9.17, 15) is 9.90 Å². The lowest BCUT2D eigenvalue weighted by Gasteiger charge is -2.19. The molecular formula is C28H32ClN5O5. The Morgan fingerprint density at radius 2 is 1.72 bits per heavy atom. The van der Waals surface area contributed by atoms with Crippen molar-refractivity contribution in [1.82, 2.24) is 19.5 Å². The minimum Gasteiger partial charge on any atom is -0.479 e. The number of carboxylic acids is 1. The Balaban J connectivity index is 0.000000531. The quantitative estimate of drug-likeness (QED) is 0.207. The Kier molecular flexibility index (Phi) is 9.13. The number of aliphatic carboxylic acids is 1. The van der Waals surface area contributed by atoms with Crippen LogP contribution in [0.1, 0.15) is 50.0 Å². The number of anilines is 1. The summed E-state index contributed by atoms with van der Waals surface area (Å²) < 4.78 is 11.9. The number of carbonyl (C=O) groups is 1. The number of imidazole rings is 1. The van der Waals surface area contributed by atoms with Crippen molar-refractivity contribution < 1.29 is 24.5 Å². The Morgan fingerprint density at radius 1 is 1.13 bits per heavy atom. The van der Waals surface area contributed by atoms with Crippen molar-refractivity contribution in [3.05, 3.63) is 83.4 Å². The molecule has 0 radical (unpaired) electrons. The number of nitrogens with one attached hydrogen (secondary N) is 1. The van der Waals surface area contributed by atoms with E-state index in [4.69, 9.17) is 21.4 Å². The van der Waals surface area contributed by atoms with Crippen LogP contribution in [0.5, 0.6) is 0 Å². The van der Waals surface area contributed by atoms with E-state index in [1.807, 2.05) is 36.4 Å². The number of aliphatic hydroxyl groups is 1. The van der Waals surface area contributed by atoms with Gasteiger partial charge < -0.3 is 25.0 Å². The number of benzene rings is 2. The fraction of sp³-hybridized carbons (Fsp3) is 0.357. The average Bonchev–Trinajstić information content (AvgIpc) is 3.57. The van der Waals surface area contributed by atoms with Crippen LogP contribution in [-0.4, -0.2) is 61.2 Å². The van der Waals surface area contributed by atoms with Crippen molar-refractivity contribution >= 4 is 34.6 Å². The smallest absolute Gasteiger partial charge is 0.332 e. The van der Waals surface area contributed by atoms with E-state index < -0.39 is 24.1 Å². The summed E-state index contributed by atoms with van der Waals surface area (Å²) in [5.41, 5.74) is 3.42. The highest BCUT2D eigenvalue weighted by molar-refractivity contribution is 6.28. The number of carboxylic acid groups (broad SMARTS) is 1. The molecule has 2 unspecified atom stereocenters. The minimum absolute atomic E-state index is 0.0792. The lowest BCUT2D eigenvalue weighted by Crippen LogP contribution is -2.20. The highest BCUT2D eigenvalue weighted by Gasteiger charge is 2.33. The molecule has 2 atom stereocenters. The van der Waals surface area contributed by atoms with Crippen LogP contribution in [0.3, 0.4) is 0 Å². The molecule has 1 saturated heterocycles. The van der Waals surface area contributed by atoms with Gasteiger partial charge in [-0.2, -0.15) is 9.97 Å². The molecule has 3 N–H and O–H groups in total. The molecule has 3 heterocycles. The van der Waals surface area contributed by atoms with Crippen LogP contribution in [0.4, 0.5) is 5.82 Å². The maximum atomic E-state index is 11.3. The maximum absolute atomic E-state index is 11.3. The molecule has 0 amide bonds. The van der Waals surface area contributed by atoms with E-state index in [1.54, 1.807) is 24.7 Å². The fourth-order valence-electron chi connectivity index (χ4n) is 4.23. The molecule has 0 bridgehead atoms. The molecule has 1 aliphatic rings. The highest BCUT2D eigenvalue weighted by Crippen LogP contribution is 2.33. The van der Waals surface area contributed by atoms with Crippen LogP contribution in [0.15, 0.2) is 67.0 Å². The first-order valence-electron chi connectivity index (χ1n) is 12.6. The Morgan fingerprint density at radius 3 is 2.23 bits per heavy atom. The van der Waals surface area contributed by atoms with Crippen LogP contribution in [0, 0.1) is 0 Å². The number of rotatable bonds is 8. The molecule has 10 nitrogen and oxygen atoms in total. The summed E-state index contributed by atoms with van der Waals surface area (Å²) in [6.45, 7) is 3.73. The second-order valence-electron chi connectivity index (χ2n) is 9.57. The predicted octanol–water partition coefficient (Wildman–Crippen LogP) is 4.85. The van der Waals surface area contributed by atoms with Crippen molar-refractivity contribution in [2.75, 3.05) is 19.0 Å². The van der Waals surface area contributed by atoms with E-state index >= 15 is 0 Å². The molecule has 2 aromatic heterocycles. The SMILES string of the molecule is COC(C)(C)O.O=C(O)C1CCC(n2cnc3c(NCC(c4ccccc4)c4ccccc4)nc(Cl)nc32)O1. The van der Waals surface area contributed by atoms with Crippen molar-refractivity contribution in [1.29, 1.82) is 0 Å². The van der Waals surface area contributed by atoms with Gasteiger partial charge in [0.15, 0.2) is 28.9 Å². The van der Waals surface area contributed by atoms with Gasteiger partial charge in [0.2, 0.25) is 5.28 Å². The van der Waals surface area contributed by atoms with E-state index in [2.05, 4.69) is 49.3 Å². The zero-order valence-electron chi connectivity index (χ0n) is 22.0. The molecule has 206 valence electrons. The molecule has 39 heavy (non-hydrogen) atoms. The summed E-state index contributed by atoms with van der Waals surface area (Å²) in [5, 5.41) is 21.3. The maximum Gasteiger partial charge on any atom is 0.332 e. The number of methoxy groups -OCH3 is 1. The second-order valence-corrected chi connectivity index (χ2v) is 9.90. The third kappa shape index (κ3) is 7.30. The number of aromatic nitrogens is 4. The lowest BCUT2D eigenvalue weighted by molar-refractivity contribution is -0.155. The van der Waals surface area contributed by atoms with Crippen LogP contribution >= 0.6 is 11.6 Å². The van der Waals surface area contributed by atoms with Crippen LogP contribution in [-0.2, 0) is 14.3 Å². The van der Waals surface area contributed by atoms with Gasteiger partial charge in [0.05, 0.1) is 6.33 Å². The fourth-order valence-corrected chi connectivity index (χ4v) is 4.39. The van der Waals surface area contributed by atoms with Gasteiger partial charge in [0.25, 0.3) is 0 Å². The molecule has 0 saturated carbocycles. The van der Waals surface area contributed by atoms with Gasteiger partial charge in [-0.3, -0.25) is 4.57 Å². The van der Waals surface area contributed by atoms with Crippen LogP contribution in [0.2, 0.25) is 5.28 Å². The van der Waals surface area contributed by atoms with Crippen molar-refractivity contribution in [3.63, 3.8) is 0 Å². The normalized spacial score (nSPS) is 17.2. The zero-order chi connectivity index (χ0) is 28.0. The number of fused-ring (bicyclic) bond motifs is 1. The molecule has 1 fully saturated rings. The largest absolute Gasteiger partial charge is 0.479 e. The van der Waals surface area contributed by atoms with Crippen LogP contribution in [0.25, 0.3) is 11.2 Å². The van der Waals surface area contributed by atoms with Crippen LogP contribution < -0.4 is 5.32 Å². The molecule has 0 spiro atoms. The van der Waals surface area contributed by atoms with Gasteiger partial charge in [0.1, 0.15) is 6.23 Å². The molecule has 2 aromatic carbocycles. The van der Waals surface area contributed by atoms with Gasteiger partial charge in [-0.05, 0) is 49.4 Å². The van der Waals surface area contributed by atoms with Gasteiger partial charge in [0, 0.05) is 19.6 Å². The zero-order valence-corrected chi connectivity index (χ0v) is 22.7. The van der Waals surface area contributed by atoms with Gasteiger partial charge >= 0.3 is 5.97 Å². The average molecular weight is 554 g/mol. The van der Waals surface area contributed by atoms with Gasteiger partial charge in [-0.15, -0.1) is 0 Å². The third-order valence-electron chi connectivity index (χ3n) is 6.35. The Bertz CT molecular complexity index is 1340. The first kappa shape index (κ1) is 28.4. The number of hydrogen-bond donors (Lipinski definition) is 3. The minimum atomic E-state index is -0.968. The summed E-state index contributed by atoms with van der Waals surface area (Å²) >= 11 is 6.25. The van der Waals surface area contributed by atoms with E-state index in [-0.39, 0.29) is 11.2 Å². The van der Waals surface area contributed by atoms with Crippen molar-refractivity contribution in [2.45, 2.75) is 50.7 Å². The summed E-state index contributed by atoms with van der Waals surface area (Å²) in [6.07, 6.45) is 1.29. The first-order chi connectivity index (χ1) is 18.7. The molecular weight excluding hydrogens is 522 g/mol. The summed E-state index contributed by atoms with van der Waals surface area (Å²) in [6, 6.07) is 20.5. The second kappa shape index (κ2) is 12.5. The summed E-state index contributed by atoms with van der Waals surface area (Å²) in [7, 11) is 1.46. The molecule has 0 aliphatic carbocycles. The van der Waals surface area contributed by atoms with Crippen molar-refractivity contribution in [2.24, 2.45) is 0 Å². The summed E-state index contributed by atoms with van der Waals surface area (Å²) in [5.74, 6) is -1.31. The topological polar surface area (TPSA) is 132 Å². The van der Waals surface area contributed by atoms with E-state index in [1.165, 1.54) is 18.2 Å². The Hall–Kier alpha value is -3.57. The molecule has 5 rings (SSSR count). The molecule has 11 heteroatoms. The Labute approximate surface area is 231 Å². The monoisotopic (exact) mass is 553 g/mol. The van der Waals surface area contributed by atoms with Gasteiger partial charge in [-0.25, -0.2) is 9.78 Å². The number of hydrogen-bond acceptors (Lipinski definition) is 8. The van der Waals surface area contributed by atoms with E-state index in [0.717, 1.165) is 0 Å². The molecule has 1 aliphatic heterocycles. The molecule has 4 aromatic rings. The summed E-state index contributed by atoms with van der Waals surface area (Å²) in [4.78, 5) is 24.5. The standard InChI is InChI=1S/C24H22ClN5O3.C4H10O2/c25-24-28-21(20-22(29-24)30(14-27-20)19-12-11-18(33-19)23(31)32)26-13-17(15-7-3-1-4-8-15)16-9-5-2-6-10-16;1-4(2,5)6-3/h1-10,14,17-19H,11-13H2,(H,31,32)(H,26,28,29);5H,1-3H3. The number of nitrogens with zero attached hydrogens (tertiary/aromatic N) is 4. The first-order valence-corrected chi connectivity index (χ1v) is 12.9. The van der Waals surface area contributed by atoms with Crippen molar-refractivity contribution in [3.8, 4) is 0 Å². The van der Waals surface area contributed by atoms with Gasteiger partial charge in [-0.1, -0.05) is 60.7 Å². The number of halogens is 1. The van der Waals surface area contributed by atoms with E-state index in [0.29, 0.717) is 36.4 Å². The number of ether oxygens (including phenoxy) is 2. The highest BCUT2D eigenvalue weighted by atomic mass is 35.5. The third-order valence-corrected chi connectivity index (χ3v) is 6.52. The predicted molar refractivity (Wildman–Crippen MR) is 148 cm³/mol. The lowest BCUT2D eigenvalue weighted by atomic mass is 9.91.